The van der Waals surface area contributed by atoms with Gasteiger partial charge in [-0.05, 0) is 18.6 Å². The van der Waals surface area contributed by atoms with Gasteiger partial charge in [-0.2, -0.15) is 0 Å². The van der Waals surface area contributed by atoms with Crippen molar-refractivity contribution in [2.24, 2.45) is 0 Å². The van der Waals surface area contributed by atoms with Crippen LogP contribution < -0.4 is 10.2 Å². The van der Waals surface area contributed by atoms with E-state index in [0.29, 0.717) is 11.6 Å². The maximum Gasteiger partial charge on any atom is 0.337 e. The molecule has 4 nitrogen and oxygen atoms in total. The van der Waals surface area contributed by atoms with Crippen molar-refractivity contribution in [3.63, 3.8) is 0 Å². The molecule has 1 aromatic rings. The van der Waals surface area contributed by atoms with Gasteiger partial charge >= 0.3 is 5.97 Å². The third-order valence-electron chi connectivity index (χ3n) is 3.37. The van der Waals surface area contributed by atoms with Crippen LogP contribution in [0, 0.1) is 0 Å². The zero-order chi connectivity index (χ0) is 13.0. The molecule has 18 heavy (non-hydrogen) atoms. The second-order valence-electron chi connectivity index (χ2n) is 4.71. The molecular weight excluding hydrogens is 228 g/mol. The summed E-state index contributed by atoms with van der Waals surface area (Å²) in [5.41, 5.74) is 1.24. The lowest BCUT2D eigenvalue weighted by Gasteiger charge is -2.35. The van der Waals surface area contributed by atoms with Crippen molar-refractivity contribution in [3.8, 4) is 0 Å². The molecule has 0 aliphatic carbocycles. The number of anilines is 1. The van der Waals surface area contributed by atoms with Crippen LogP contribution in [0.4, 0.5) is 5.69 Å². The summed E-state index contributed by atoms with van der Waals surface area (Å²) in [6.07, 6.45) is 2.28. The Bertz CT molecular complexity index is 418. The molecule has 1 heterocycles. The zero-order valence-corrected chi connectivity index (χ0v) is 10.7. The van der Waals surface area contributed by atoms with Crippen LogP contribution in [0.1, 0.15) is 30.1 Å². The number of carboxylic acid groups (broad SMARTS) is 1. The molecule has 0 aromatic heterocycles. The van der Waals surface area contributed by atoms with Crippen molar-refractivity contribution >= 4 is 11.7 Å². The van der Waals surface area contributed by atoms with Crippen LogP contribution in [0.15, 0.2) is 24.3 Å². The maximum atomic E-state index is 11.2. The largest absolute Gasteiger partial charge is 0.478 e. The van der Waals surface area contributed by atoms with Crippen molar-refractivity contribution < 1.29 is 9.90 Å². The van der Waals surface area contributed by atoms with E-state index in [1.165, 1.54) is 0 Å². The summed E-state index contributed by atoms with van der Waals surface area (Å²) in [5.74, 6) is -0.851. The molecule has 1 aliphatic rings. The second kappa shape index (κ2) is 5.87. The number of para-hydroxylation sites is 1. The first-order valence-electron chi connectivity index (χ1n) is 6.53. The second-order valence-corrected chi connectivity index (χ2v) is 4.71. The van der Waals surface area contributed by atoms with Gasteiger partial charge < -0.3 is 15.3 Å². The van der Waals surface area contributed by atoms with Gasteiger partial charge in [-0.1, -0.05) is 25.5 Å². The van der Waals surface area contributed by atoms with Crippen molar-refractivity contribution in [3.05, 3.63) is 29.8 Å². The molecule has 2 N–H and O–H groups in total. The third kappa shape index (κ3) is 2.82. The summed E-state index contributed by atoms with van der Waals surface area (Å²) in [5, 5.41) is 12.7. The average molecular weight is 248 g/mol. The molecule has 0 bridgehead atoms. The van der Waals surface area contributed by atoms with Gasteiger partial charge in [0, 0.05) is 25.7 Å². The fourth-order valence-electron chi connectivity index (χ4n) is 2.52. The van der Waals surface area contributed by atoms with E-state index < -0.39 is 5.97 Å². The minimum absolute atomic E-state index is 0.398. The fraction of sp³-hybridized carbons (Fsp3) is 0.500. The van der Waals surface area contributed by atoms with Crippen LogP contribution in [0.25, 0.3) is 0 Å². The van der Waals surface area contributed by atoms with E-state index in [4.69, 9.17) is 0 Å². The Labute approximate surface area is 108 Å². The number of hydrogen-bond donors (Lipinski definition) is 2. The lowest BCUT2D eigenvalue weighted by molar-refractivity contribution is 0.0697. The number of carbonyl (C=O) groups is 1. The summed E-state index contributed by atoms with van der Waals surface area (Å²) in [6, 6.07) is 7.72. The summed E-state index contributed by atoms with van der Waals surface area (Å²) >= 11 is 0. The Hall–Kier alpha value is -1.55. The maximum absolute atomic E-state index is 11.2. The predicted molar refractivity (Wildman–Crippen MR) is 72.3 cm³/mol. The van der Waals surface area contributed by atoms with Gasteiger partial charge in [-0.25, -0.2) is 4.79 Å². The molecule has 1 saturated heterocycles. The Morgan fingerprint density at radius 3 is 3.00 bits per heavy atom. The summed E-state index contributed by atoms with van der Waals surface area (Å²) < 4.78 is 0. The highest BCUT2D eigenvalue weighted by Gasteiger charge is 2.22. The SMILES string of the molecule is CCCC1CN(c2ccccc2C(=O)O)CCN1. The van der Waals surface area contributed by atoms with Crippen LogP contribution in [0.5, 0.6) is 0 Å². The zero-order valence-electron chi connectivity index (χ0n) is 10.7. The van der Waals surface area contributed by atoms with E-state index in [1.807, 2.05) is 12.1 Å². The third-order valence-corrected chi connectivity index (χ3v) is 3.37. The number of piperazine rings is 1. The number of hydrogen-bond acceptors (Lipinski definition) is 3. The number of nitrogens with one attached hydrogen (secondary N) is 1. The van der Waals surface area contributed by atoms with Gasteiger partial charge in [-0.15, -0.1) is 0 Å². The lowest BCUT2D eigenvalue weighted by atomic mass is 10.1. The molecule has 1 fully saturated rings. The Morgan fingerprint density at radius 1 is 1.50 bits per heavy atom. The van der Waals surface area contributed by atoms with Crippen molar-refractivity contribution in [2.75, 3.05) is 24.5 Å². The van der Waals surface area contributed by atoms with E-state index in [-0.39, 0.29) is 0 Å². The van der Waals surface area contributed by atoms with E-state index in [1.54, 1.807) is 12.1 Å². The molecule has 0 amide bonds. The molecule has 2 rings (SSSR count). The van der Waals surface area contributed by atoms with Crippen LogP contribution >= 0.6 is 0 Å². The standard InChI is InChI=1S/C14H20N2O2/c1-2-5-11-10-16(9-8-15-11)13-7-4-3-6-12(13)14(17)18/h3-4,6-7,11,15H,2,5,8-10H2,1H3,(H,17,18). The molecule has 1 aromatic carbocycles. The first-order chi connectivity index (χ1) is 8.72. The van der Waals surface area contributed by atoms with Crippen LogP contribution in [0.3, 0.4) is 0 Å². The van der Waals surface area contributed by atoms with E-state index in [0.717, 1.165) is 38.2 Å². The number of benzene rings is 1. The minimum atomic E-state index is -0.851. The molecule has 1 unspecified atom stereocenters. The van der Waals surface area contributed by atoms with Crippen molar-refractivity contribution in [2.45, 2.75) is 25.8 Å². The minimum Gasteiger partial charge on any atom is -0.478 e. The van der Waals surface area contributed by atoms with E-state index >= 15 is 0 Å². The van der Waals surface area contributed by atoms with Crippen LogP contribution in [-0.4, -0.2) is 36.8 Å². The van der Waals surface area contributed by atoms with Gasteiger partial charge in [0.2, 0.25) is 0 Å². The highest BCUT2D eigenvalue weighted by atomic mass is 16.4. The summed E-state index contributed by atoms with van der Waals surface area (Å²) in [6.45, 7) is 4.84. The number of nitrogens with zero attached hydrogens (tertiary/aromatic N) is 1. The van der Waals surface area contributed by atoms with Gasteiger partial charge in [0.1, 0.15) is 0 Å². The quantitative estimate of drug-likeness (QED) is 0.855. The lowest BCUT2D eigenvalue weighted by Crippen LogP contribution is -2.51. The molecule has 0 spiro atoms. The van der Waals surface area contributed by atoms with E-state index in [2.05, 4.69) is 17.1 Å². The Kier molecular flexibility index (Phi) is 4.20. The highest BCUT2D eigenvalue weighted by Crippen LogP contribution is 2.22. The fourth-order valence-corrected chi connectivity index (χ4v) is 2.52. The molecule has 1 aliphatic heterocycles. The molecule has 0 radical (unpaired) electrons. The molecular formula is C14H20N2O2. The highest BCUT2D eigenvalue weighted by molar-refractivity contribution is 5.94. The Morgan fingerprint density at radius 2 is 2.28 bits per heavy atom. The number of aromatic carboxylic acids is 1. The van der Waals surface area contributed by atoms with Gasteiger partial charge in [0.15, 0.2) is 0 Å². The van der Waals surface area contributed by atoms with Gasteiger partial charge in [0.25, 0.3) is 0 Å². The van der Waals surface area contributed by atoms with Crippen molar-refractivity contribution in [1.29, 1.82) is 0 Å². The molecule has 98 valence electrons. The summed E-state index contributed by atoms with van der Waals surface area (Å²) in [7, 11) is 0. The van der Waals surface area contributed by atoms with Gasteiger partial charge in [0.05, 0.1) is 11.3 Å². The summed E-state index contributed by atoms with van der Waals surface area (Å²) in [4.78, 5) is 13.4. The topological polar surface area (TPSA) is 52.6 Å². The van der Waals surface area contributed by atoms with Gasteiger partial charge in [-0.3, -0.25) is 0 Å². The first-order valence-corrected chi connectivity index (χ1v) is 6.53. The normalized spacial score (nSPS) is 19.8. The Balaban J connectivity index is 2.18. The average Bonchev–Trinajstić information content (AvgIpc) is 2.39. The molecule has 1 atom stereocenters. The number of rotatable bonds is 4. The molecule has 4 heteroatoms. The number of carboxylic acids is 1. The van der Waals surface area contributed by atoms with E-state index in [9.17, 15) is 9.90 Å². The molecule has 0 saturated carbocycles. The predicted octanol–water partition coefficient (Wildman–Crippen LogP) is 1.96. The van der Waals surface area contributed by atoms with Crippen molar-refractivity contribution in [1.82, 2.24) is 5.32 Å². The van der Waals surface area contributed by atoms with Crippen LogP contribution in [0.2, 0.25) is 0 Å². The monoisotopic (exact) mass is 248 g/mol. The smallest absolute Gasteiger partial charge is 0.337 e. The first kappa shape index (κ1) is 12.9. The van der Waals surface area contributed by atoms with Crippen LogP contribution in [-0.2, 0) is 0 Å².